The second-order valence-electron chi connectivity index (χ2n) is 6.31. The molecule has 128 valence electrons. The smallest absolute Gasteiger partial charge is 0.282 e. The molecule has 6 nitrogen and oxygen atoms in total. The van der Waals surface area contributed by atoms with Gasteiger partial charge in [0.2, 0.25) is 0 Å². The van der Waals surface area contributed by atoms with E-state index in [1.165, 1.54) is 10.7 Å². The fourth-order valence-electron chi connectivity index (χ4n) is 3.48. The van der Waals surface area contributed by atoms with Gasteiger partial charge in [-0.15, -0.1) is 0 Å². The molecule has 2 aliphatic heterocycles. The molecule has 0 bridgehead atoms. The van der Waals surface area contributed by atoms with E-state index >= 15 is 0 Å². The topological polar surface area (TPSA) is 53.1 Å². The van der Waals surface area contributed by atoms with Gasteiger partial charge in [0, 0.05) is 39.3 Å². The summed E-state index contributed by atoms with van der Waals surface area (Å²) in [4.78, 5) is 2.41. The van der Waals surface area contributed by atoms with Crippen molar-refractivity contribution in [3.63, 3.8) is 0 Å². The van der Waals surface area contributed by atoms with Crippen LogP contribution in [0, 0.1) is 0 Å². The zero-order valence-corrected chi connectivity index (χ0v) is 14.6. The summed E-state index contributed by atoms with van der Waals surface area (Å²) >= 11 is 0. The van der Waals surface area contributed by atoms with E-state index in [1.54, 1.807) is 18.5 Å². The lowest BCUT2D eigenvalue weighted by atomic mass is 10.2. The van der Waals surface area contributed by atoms with E-state index in [-0.39, 0.29) is 0 Å². The van der Waals surface area contributed by atoms with Gasteiger partial charge >= 0.3 is 0 Å². The van der Waals surface area contributed by atoms with Gasteiger partial charge < -0.3 is 4.74 Å². The molecule has 2 aliphatic rings. The summed E-state index contributed by atoms with van der Waals surface area (Å²) in [5.74, 6) is 0.743. The molecule has 1 aromatic carbocycles. The van der Waals surface area contributed by atoms with Crippen LogP contribution in [0.2, 0.25) is 0 Å². The van der Waals surface area contributed by atoms with Gasteiger partial charge in [-0.1, -0.05) is 12.1 Å². The molecule has 0 spiro atoms. The molecule has 0 unspecified atom stereocenters. The Kier molecular flexibility index (Phi) is 4.91. The van der Waals surface area contributed by atoms with Crippen LogP contribution in [-0.4, -0.2) is 68.3 Å². The summed E-state index contributed by atoms with van der Waals surface area (Å²) in [6.07, 6.45) is 2.28. The lowest BCUT2D eigenvalue weighted by Gasteiger charge is -2.38. The van der Waals surface area contributed by atoms with Gasteiger partial charge in [-0.2, -0.15) is 17.0 Å². The molecule has 2 fully saturated rings. The van der Waals surface area contributed by atoms with Crippen molar-refractivity contribution in [2.75, 3.05) is 40.3 Å². The molecule has 0 N–H and O–H groups in total. The summed E-state index contributed by atoms with van der Waals surface area (Å²) < 4.78 is 33.9. The minimum absolute atomic E-state index is 0.352. The van der Waals surface area contributed by atoms with Crippen molar-refractivity contribution >= 4 is 10.2 Å². The Balaban J connectivity index is 1.68. The average Bonchev–Trinajstić information content (AvgIpc) is 3.02. The molecular formula is C16H25N3O3S. The van der Waals surface area contributed by atoms with Crippen LogP contribution in [0.4, 0.5) is 0 Å². The van der Waals surface area contributed by atoms with Gasteiger partial charge in [0.05, 0.1) is 7.11 Å². The third kappa shape index (κ3) is 3.52. The highest BCUT2D eigenvalue weighted by Crippen LogP contribution is 2.24. The molecule has 0 saturated carbocycles. The Morgan fingerprint density at radius 2 is 2.13 bits per heavy atom. The molecular weight excluding hydrogens is 314 g/mol. The fraction of sp³-hybridized carbons (Fsp3) is 0.625. The number of hydrogen-bond acceptors (Lipinski definition) is 4. The van der Waals surface area contributed by atoms with Crippen LogP contribution < -0.4 is 4.74 Å². The van der Waals surface area contributed by atoms with Gasteiger partial charge in [-0.05, 0) is 37.1 Å². The highest BCUT2D eigenvalue weighted by molar-refractivity contribution is 7.86. The summed E-state index contributed by atoms with van der Waals surface area (Å²) in [7, 11) is -0.159. The Labute approximate surface area is 138 Å². The molecule has 0 radical (unpaired) electrons. The van der Waals surface area contributed by atoms with Gasteiger partial charge in [-0.25, -0.2) is 0 Å². The van der Waals surface area contributed by atoms with Crippen molar-refractivity contribution in [2.45, 2.75) is 25.4 Å². The van der Waals surface area contributed by atoms with Crippen LogP contribution in [0.1, 0.15) is 18.4 Å². The van der Waals surface area contributed by atoms with Crippen LogP contribution in [-0.2, 0) is 16.8 Å². The van der Waals surface area contributed by atoms with Gasteiger partial charge in [0.1, 0.15) is 5.75 Å². The van der Waals surface area contributed by atoms with Crippen LogP contribution in [0.5, 0.6) is 5.75 Å². The Hall–Kier alpha value is -1.15. The number of methoxy groups -OCH3 is 1. The van der Waals surface area contributed by atoms with E-state index in [2.05, 4.69) is 4.90 Å². The predicted molar refractivity (Wildman–Crippen MR) is 89.5 cm³/mol. The fourth-order valence-corrected chi connectivity index (χ4v) is 4.86. The molecule has 1 atom stereocenters. The molecule has 3 rings (SSSR count). The van der Waals surface area contributed by atoms with Crippen molar-refractivity contribution in [3.8, 4) is 5.75 Å². The summed E-state index contributed by atoms with van der Waals surface area (Å²) in [5.41, 5.74) is 0.926. The first-order chi connectivity index (χ1) is 11.0. The molecule has 2 saturated heterocycles. The maximum atomic E-state index is 12.8. The molecule has 0 amide bonds. The van der Waals surface area contributed by atoms with E-state index in [9.17, 15) is 8.42 Å². The number of fused-ring (bicyclic) bond motifs is 1. The van der Waals surface area contributed by atoms with Gasteiger partial charge in [0.25, 0.3) is 10.2 Å². The summed E-state index contributed by atoms with van der Waals surface area (Å²) in [6, 6.07) is 7.93. The van der Waals surface area contributed by atoms with Crippen LogP contribution in [0.15, 0.2) is 24.3 Å². The maximum absolute atomic E-state index is 12.8. The first-order valence-electron chi connectivity index (χ1n) is 8.09. The zero-order valence-electron chi connectivity index (χ0n) is 13.8. The molecule has 1 aromatic rings. The van der Waals surface area contributed by atoms with E-state index in [1.807, 2.05) is 24.3 Å². The third-order valence-electron chi connectivity index (χ3n) is 4.81. The van der Waals surface area contributed by atoms with E-state index in [4.69, 9.17) is 4.74 Å². The number of piperazine rings is 1. The van der Waals surface area contributed by atoms with Crippen molar-refractivity contribution in [2.24, 2.45) is 0 Å². The lowest BCUT2D eigenvalue weighted by molar-refractivity contribution is 0.153. The largest absolute Gasteiger partial charge is 0.497 e. The number of rotatable bonds is 5. The minimum atomic E-state index is -3.42. The molecule has 0 aliphatic carbocycles. The van der Waals surface area contributed by atoms with E-state index in [0.29, 0.717) is 25.7 Å². The standard InChI is InChI=1S/C16H25N3O3S/c1-17(12-14-5-3-7-16(11-14)22-2)23(20,21)19-10-9-18-8-4-6-15(18)13-19/h3,5,7,11,15H,4,6,8-10,12-13H2,1-2H3/t15-/m1/s1. The Morgan fingerprint density at radius 1 is 1.30 bits per heavy atom. The number of benzene rings is 1. The average molecular weight is 339 g/mol. The first kappa shape index (κ1) is 16.7. The Morgan fingerprint density at radius 3 is 2.91 bits per heavy atom. The minimum Gasteiger partial charge on any atom is -0.497 e. The highest BCUT2D eigenvalue weighted by Gasteiger charge is 2.37. The molecule has 7 heteroatoms. The molecule has 0 aromatic heterocycles. The number of nitrogens with zero attached hydrogens (tertiary/aromatic N) is 3. The zero-order chi connectivity index (χ0) is 16.4. The van der Waals surface area contributed by atoms with Crippen molar-refractivity contribution in [3.05, 3.63) is 29.8 Å². The second kappa shape index (κ2) is 6.76. The molecule has 2 heterocycles. The van der Waals surface area contributed by atoms with Crippen LogP contribution in [0.25, 0.3) is 0 Å². The van der Waals surface area contributed by atoms with Gasteiger partial charge in [-0.3, -0.25) is 4.90 Å². The third-order valence-corrected chi connectivity index (χ3v) is 6.71. The quantitative estimate of drug-likeness (QED) is 0.808. The van der Waals surface area contributed by atoms with E-state index in [0.717, 1.165) is 30.8 Å². The second-order valence-corrected chi connectivity index (χ2v) is 8.34. The number of ether oxygens (including phenoxy) is 1. The summed E-state index contributed by atoms with van der Waals surface area (Å²) in [5, 5.41) is 0. The molecule has 23 heavy (non-hydrogen) atoms. The van der Waals surface area contributed by atoms with Crippen molar-refractivity contribution in [1.82, 2.24) is 13.5 Å². The lowest BCUT2D eigenvalue weighted by Crippen LogP contribution is -2.54. The first-order valence-corrected chi connectivity index (χ1v) is 9.49. The van der Waals surface area contributed by atoms with Crippen molar-refractivity contribution in [1.29, 1.82) is 0 Å². The van der Waals surface area contributed by atoms with Crippen LogP contribution >= 0.6 is 0 Å². The number of hydrogen-bond donors (Lipinski definition) is 0. The monoisotopic (exact) mass is 339 g/mol. The van der Waals surface area contributed by atoms with Crippen molar-refractivity contribution < 1.29 is 13.2 Å². The normalized spacial score (nSPS) is 23.2. The van der Waals surface area contributed by atoms with Crippen LogP contribution in [0.3, 0.4) is 0 Å². The van der Waals surface area contributed by atoms with E-state index < -0.39 is 10.2 Å². The predicted octanol–water partition coefficient (Wildman–Crippen LogP) is 1.15. The SMILES string of the molecule is COc1cccc(CN(C)S(=O)(=O)N2CCN3CCC[C@@H]3C2)c1. The maximum Gasteiger partial charge on any atom is 0.282 e. The summed E-state index contributed by atoms with van der Waals surface area (Å²) in [6.45, 7) is 3.51. The highest BCUT2D eigenvalue weighted by atomic mass is 32.2. The Bertz CT molecular complexity index is 650. The van der Waals surface area contributed by atoms with Gasteiger partial charge in [0.15, 0.2) is 0 Å².